The van der Waals surface area contributed by atoms with Gasteiger partial charge in [-0.15, -0.1) is 0 Å². The Bertz CT molecular complexity index is 930. The standard InChI is InChI=1S/C12H10ClFN2O4S2/c13-8-2-1-3-10(6-8)22(19,20)16-12-5-4-9(7-11(12)14)21(15,17)18/h1-7,16H,(H2,15,17,18). The molecule has 0 heterocycles. The molecule has 0 spiro atoms. The van der Waals surface area contributed by atoms with Crippen LogP contribution < -0.4 is 9.86 Å². The maximum atomic E-state index is 13.8. The molecule has 0 atom stereocenters. The van der Waals surface area contributed by atoms with Gasteiger partial charge in [-0.2, -0.15) is 0 Å². The monoisotopic (exact) mass is 364 g/mol. The third-order valence-electron chi connectivity index (χ3n) is 2.62. The molecule has 0 saturated carbocycles. The van der Waals surface area contributed by atoms with Crippen LogP contribution in [0.5, 0.6) is 0 Å². The fourth-order valence-corrected chi connectivity index (χ4v) is 3.49. The molecular weight excluding hydrogens is 355 g/mol. The number of sulfonamides is 2. The van der Waals surface area contributed by atoms with Crippen molar-refractivity contribution in [2.45, 2.75) is 9.79 Å². The Kier molecular flexibility index (Phi) is 4.43. The third kappa shape index (κ3) is 3.74. The second-order valence-electron chi connectivity index (χ2n) is 4.25. The Morgan fingerprint density at radius 3 is 2.23 bits per heavy atom. The fourth-order valence-electron chi connectivity index (χ4n) is 1.59. The van der Waals surface area contributed by atoms with Crippen LogP contribution in [0.15, 0.2) is 52.3 Å². The Labute approximate surface area is 131 Å². The van der Waals surface area contributed by atoms with Crippen molar-refractivity contribution >= 4 is 37.3 Å². The van der Waals surface area contributed by atoms with Gasteiger partial charge in [0, 0.05) is 5.02 Å². The SMILES string of the molecule is NS(=O)(=O)c1ccc(NS(=O)(=O)c2cccc(Cl)c2)c(F)c1. The lowest BCUT2D eigenvalue weighted by molar-refractivity contribution is 0.592. The van der Waals surface area contributed by atoms with E-state index < -0.39 is 36.4 Å². The molecule has 3 N–H and O–H groups in total. The largest absolute Gasteiger partial charge is 0.277 e. The molecule has 2 aromatic rings. The summed E-state index contributed by atoms with van der Waals surface area (Å²) in [5.41, 5.74) is -0.410. The number of nitrogens with two attached hydrogens (primary N) is 1. The smallest absolute Gasteiger partial charge is 0.262 e. The van der Waals surface area contributed by atoms with E-state index in [1.54, 1.807) is 0 Å². The Balaban J connectivity index is 2.39. The summed E-state index contributed by atoms with van der Waals surface area (Å²) < 4.78 is 62.3. The molecule has 2 aromatic carbocycles. The number of benzene rings is 2. The first-order valence-corrected chi connectivity index (χ1v) is 9.11. The van der Waals surface area contributed by atoms with Crippen molar-refractivity contribution in [3.8, 4) is 0 Å². The van der Waals surface area contributed by atoms with E-state index in [0.717, 1.165) is 12.1 Å². The average Bonchev–Trinajstić information content (AvgIpc) is 2.40. The molecule has 0 bridgehead atoms. The second kappa shape index (κ2) is 5.84. The predicted octanol–water partition coefficient (Wildman–Crippen LogP) is 1.93. The van der Waals surface area contributed by atoms with Gasteiger partial charge in [-0.25, -0.2) is 26.4 Å². The van der Waals surface area contributed by atoms with Crippen LogP contribution >= 0.6 is 11.6 Å². The minimum atomic E-state index is -4.08. The lowest BCUT2D eigenvalue weighted by Gasteiger charge is -2.10. The molecule has 0 aromatic heterocycles. The molecular formula is C12H10ClFN2O4S2. The van der Waals surface area contributed by atoms with Gasteiger partial charge in [-0.1, -0.05) is 17.7 Å². The van der Waals surface area contributed by atoms with E-state index in [1.807, 2.05) is 4.72 Å². The summed E-state index contributed by atoms with van der Waals surface area (Å²) in [5, 5.41) is 5.06. The molecule has 0 radical (unpaired) electrons. The van der Waals surface area contributed by atoms with Gasteiger partial charge in [0.25, 0.3) is 10.0 Å². The van der Waals surface area contributed by atoms with E-state index in [-0.39, 0.29) is 9.92 Å². The van der Waals surface area contributed by atoms with E-state index in [2.05, 4.69) is 0 Å². The van der Waals surface area contributed by atoms with E-state index in [0.29, 0.717) is 6.07 Å². The van der Waals surface area contributed by atoms with Crippen molar-refractivity contribution < 1.29 is 21.2 Å². The van der Waals surface area contributed by atoms with E-state index in [1.165, 1.54) is 24.3 Å². The summed E-state index contributed by atoms with van der Waals surface area (Å²) in [7, 11) is -8.14. The molecule has 6 nitrogen and oxygen atoms in total. The highest BCUT2D eigenvalue weighted by Crippen LogP contribution is 2.23. The summed E-state index contributed by atoms with van der Waals surface area (Å²) >= 11 is 5.71. The third-order valence-corrected chi connectivity index (χ3v) is 5.13. The number of hydrogen-bond acceptors (Lipinski definition) is 4. The molecule has 118 valence electrons. The van der Waals surface area contributed by atoms with Crippen LogP contribution in [0.4, 0.5) is 10.1 Å². The lowest BCUT2D eigenvalue weighted by atomic mass is 10.3. The maximum Gasteiger partial charge on any atom is 0.262 e. The van der Waals surface area contributed by atoms with Crippen molar-refractivity contribution in [3.05, 3.63) is 53.3 Å². The zero-order valence-electron chi connectivity index (χ0n) is 10.8. The van der Waals surface area contributed by atoms with Crippen LogP contribution in [0.25, 0.3) is 0 Å². The van der Waals surface area contributed by atoms with Gasteiger partial charge >= 0.3 is 0 Å². The van der Waals surface area contributed by atoms with Gasteiger partial charge in [-0.05, 0) is 36.4 Å². The number of hydrogen-bond donors (Lipinski definition) is 2. The highest BCUT2D eigenvalue weighted by molar-refractivity contribution is 7.92. The molecule has 22 heavy (non-hydrogen) atoms. The molecule has 0 saturated heterocycles. The van der Waals surface area contributed by atoms with Crippen LogP contribution in [0.2, 0.25) is 5.02 Å². The van der Waals surface area contributed by atoms with Crippen LogP contribution in [0.1, 0.15) is 0 Å². The first-order valence-electron chi connectivity index (χ1n) is 5.70. The highest BCUT2D eigenvalue weighted by atomic mass is 35.5. The zero-order chi connectivity index (χ0) is 16.5. The summed E-state index contributed by atoms with van der Waals surface area (Å²) in [4.78, 5) is -0.620. The van der Waals surface area contributed by atoms with Crippen molar-refractivity contribution in [2.75, 3.05) is 4.72 Å². The summed E-state index contributed by atoms with van der Waals surface area (Å²) in [5.74, 6) is -1.07. The lowest BCUT2D eigenvalue weighted by Crippen LogP contribution is -2.15. The van der Waals surface area contributed by atoms with E-state index >= 15 is 0 Å². The van der Waals surface area contributed by atoms with Gasteiger partial charge in [-0.3, -0.25) is 4.72 Å². The van der Waals surface area contributed by atoms with Gasteiger partial charge < -0.3 is 0 Å². The highest BCUT2D eigenvalue weighted by Gasteiger charge is 2.18. The number of halogens is 2. The topological polar surface area (TPSA) is 106 Å². The normalized spacial score (nSPS) is 12.1. The zero-order valence-corrected chi connectivity index (χ0v) is 13.2. The Morgan fingerprint density at radius 2 is 1.68 bits per heavy atom. The van der Waals surface area contributed by atoms with Gasteiger partial charge in [0.1, 0.15) is 5.82 Å². The van der Waals surface area contributed by atoms with Gasteiger partial charge in [0.05, 0.1) is 15.5 Å². The minimum Gasteiger partial charge on any atom is -0.277 e. The van der Waals surface area contributed by atoms with Crippen molar-refractivity contribution in [2.24, 2.45) is 5.14 Å². The summed E-state index contributed by atoms with van der Waals surface area (Å²) in [6.45, 7) is 0. The Morgan fingerprint density at radius 1 is 1.00 bits per heavy atom. The summed E-state index contributed by atoms with van der Waals surface area (Å²) in [6, 6.07) is 7.99. The molecule has 0 fully saturated rings. The summed E-state index contributed by atoms with van der Waals surface area (Å²) in [6.07, 6.45) is 0. The number of anilines is 1. The quantitative estimate of drug-likeness (QED) is 0.864. The van der Waals surface area contributed by atoms with Crippen molar-refractivity contribution in [1.29, 1.82) is 0 Å². The van der Waals surface area contributed by atoms with Crippen LogP contribution in [-0.2, 0) is 20.0 Å². The molecule has 0 unspecified atom stereocenters. The van der Waals surface area contributed by atoms with Crippen LogP contribution in [0.3, 0.4) is 0 Å². The van der Waals surface area contributed by atoms with Crippen LogP contribution in [-0.4, -0.2) is 16.8 Å². The maximum absolute atomic E-state index is 13.8. The molecule has 0 amide bonds. The number of rotatable bonds is 4. The van der Waals surface area contributed by atoms with Gasteiger partial charge in [0.2, 0.25) is 10.0 Å². The second-order valence-corrected chi connectivity index (χ2v) is 7.93. The molecule has 0 aliphatic heterocycles. The number of primary sulfonamides is 1. The molecule has 0 aliphatic carbocycles. The van der Waals surface area contributed by atoms with Crippen molar-refractivity contribution in [1.82, 2.24) is 0 Å². The Hall–Kier alpha value is -1.68. The van der Waals surface area contributed by atoms with E-state index in [4.69, 9.17) is 16.7 Å². The number of nitrogens with one attached hydrogen (secondary N) is 1. The van der Waals surface area contributed by atoms with Crippen molar-refractivity contribution in [3.63, 3.8) is 0 Å². The fraction of sp³-hybridized carbons (Fsp3) is 0. The first kappa shape index (κ1) is 16.7. The minimum absolute atomic E-state index is 0.157. The molecule has 2 rings (SSSR count). The van der Waals surface area contributed by atoms with E-state index in [9.17, 15) is 21.2 Å². The van der Waals surface area contributed by atoms with Crippen LogP contribution in [0, 0.1) is 5.82 Å². The first-order chi connectivity index (χ1) is 10.1. The predicted molar refractivity (Wildman–Crippen MR) is 80.0 cm³/mol. The van der Waals surface area contributed by atoms with Gasteiger partial charge in [0.15, 0.2) is 0 Å². The molecule has 0 aliphatic rings. The average molecular weight is 365 g/mol. The molecule has 10 heteroatoms.